The fourth-order valence-electron chi connectivity index (χ4n) is 3.05. The van der Waals surface area contributed by atoms with E-state index in [0.717, 1.165) is 43.3 Å². The average Bonchev–Trinajstić information content (AvgIpc) is 3.36. The van der Waals surface area contributed by atoms with Crippen molar-refractivity contribution in [1.29, 1.82) is 0 Å². The maximum Gasteiger partial charge on any atom is 0.257 e. The number of carbonyl (C=O) groups excluding carboxylic acids is 1. The monoisotopic (exact) mass is 381 g/mol. The zero-order valence-electron chi connectivity index (χ0n) is 14.6. The highest BCUT2D eigenvalue weighted by molar-refractivity contribution is 6.99. The van der Waals surface area contributed by atoms with Crippen molar-refractivity contribution >= 4 is 40.6 Å². The van der Waals surface area contributed by atoms with Gasteiger partial charge in [-0.1, -0.05) is 24.3 Å². The van der Waals surface area contributed by atoms with Crippen molar-refractivity contribution in [3.63, 3.8) is 0 Å². The van der Waals surface area contributed by atoms with Crippen molar-refractivity contribution in [3.05, 3.63) is 54.1 Å². The van der Waals surface area contributed by atoms with E-state index >= 15 is 0 Å². The van der Waals surface area contributed by atoms with Crippen molar-refractivity contribution < 1.29 is 9.90 Å². The van der Waals surface area contributed by atoms with Crippen LogP contribution in [0.2, 0.25) is 0 Å². The number of benzene rings is 2. The Kier molecular flexibility index (Phi) is 4.88. The van der Waals surface area contributed by atoms with Gasteiger partial charge in [0.25, 0.3) is 5.91 Å². The van der Waals surface area contributed by atoms with Gasteiger partial charge in [-0.05, 0) is 37.1 Å². The van der Waals surface area contributed by atoms with Crippen molar-refractivity contribution in [3.8, 4) is 5.75 Å². The number of aromatic nitrogens is 2. The fraction of sp³-hybridized carbons (Fsp3) is 0.211. The molecule has 0 saturated carbocycles. The third-order valence-corrected chi connectivity index (χ3v) is 4.97. The maximum atomic E-state index is 12.6. The predicted octanol–water partition coefficient (Wildman–Crippen LogP) is 3.97. The molecule has 4 rings (SSSR count). The molecular weight excluding hydrogens is 362 g/mol. The Labute approximate surface area is 161 Å². The first-order chi connectivity index (χ1) is 13.2. The molecule has 0 atom stereocenters. The van der Waals surface area contributed by atoms with Gasteiger partial charge in [-0.3, -0.25) is 4.79 Å². The molecule has 0 unspecified atom stereocenters. The number of nitrogens with zero attached hydrogens (tertiary/aromatic N) is 3. The lowest BCUT2D eigenvalue weighted by molar-refractivity contribution is 0.0790. The van der Waals surface area contributed by atoms with E-state index in [4.69, 9.17) is 0 Å². The van der Waals surface area contributed by atoms with Crippen LogP contribution in [-0.2, 0) is 0 Å². The Morgan fingerprint density at radius 2 is 1.67 bits per heavy atom. The first-order valence-corrected chi connectivity index (χ1v) is 9.48. The Hall–Kier alpha value is -3.13. The summed E-state index contributed by atoms with van der Waals surface area (Å²) in [4.78, 5) is 14.4. The third-order valence-electron chi connectivity index (χ3n) is 4.44. The molecule has 2 heterocycles. The number of rotatable bonds is 5. The van der Waals surface area contributed by atoms with Crippen LogP contribution in [0.4, 0.5) is 23.0 Å². The summed E-state index contributed by atoms with van der Waals surface area (Å²) in [5.74, 6) is 0.826. The van der Waals surface area contributed by atoms with E-state index in [-0.39, 0.29) is 11.7 Å². The molecule has 8 heteroatoms. The third kappa shape index (κ3) is 3.70. The summed E-state index contributed by atoms with van der Waals surface area (Å²) in [6, 6.07) is 14.7. The van der Waals surface area contributed by atoms with Crippen LogP contribution in [0.25, 0.3) is 0 Å². The second-order valence-corrected chi connectivity index (χ2v) is 6.81. The van der Waals surface area contributed by atoms with E-state index in [1.807, 2.05) is 30.3 Å². The lowest BCUT2D eigenvalue weighted by atomic mass is 10.1. The van der Waals surface area contributed by atoms with Crippen LogP contribution in [-0.4, -0.2) is 37.8 Å². The number of carbonyl (C=O) groups is 1. The van der Waals surface area contributed by atoms with Crippen LogP contribution >= 0.6 is 11.7 Å². The van der Waals surface area contributed by atoms with Crippen LogP contribution in [0.3, 0.4) is 0 Å². The molecule has 0 spiro atoms. The smallest absolute Gasteiger partial charge is 0.257 e. The molecule has 1 aromatic heterocycles. The number of phenols is 1. The van der Waals surface area contributed by atoms with E-state index in [9.17, 15) is 9.90 Å². The van der Waals surface area contributed by atoms with Gasteiger partial charge in [0.2, 0.25) is 0 Å². The van der Waals surface area contributed by atoms with Gasteiger partial charge in [-0.2, -0.15) is 8.75 Å². The molecule has 0 radical (unpaired) electrons. The summed E-state index contributed by atoms with van der Waals surface area (Å²) in [5, 5.41) is 16.9. The highest BCUT2D eigenvalue weighted by Crippen LogP contribution is 2.34. The van der Waals surface area contributed by atoms with Gasteiger partial charge in [-0.25, -0.2) is 0 Å². The quantitative estimate of drug-likeness (QED) is 0.580. The van der Waals surface area contributed by atoms with E-state index in [1.54, 1.807) is 23.1 Å². The van der Waals surface area contributed by atoms with Gasteiger partial charge < -0.3 is 20.6 Å². The molecule has 27 heavy (non-hydrogen) atoms. The van der Waals surface area contributed by atoms with E-state index in [1.165, 1.54) is 0 Å². The number of amides is 1. The minimum absolute atomic E-state index is 0.0759. The Balaban J connectivity index is 1.56. The summed E-state index contributed by atoms with van der Waals surface area (Å²) < 4.78 is 8.51. The summed E-state index contributed by atoms with van der Waals surface area (Å²) in [5.41, 5.74) is 1.60. The second-order valence-electron chi connectivity index (χ2n) is 6.28. The molecule has 1 amide bonds. The summed E-state index contributed by atoms with van der Waals surface area (Å²) in [6.45, 7) is 1.47. The van der Waals surface area contributed by atoms with Crippen molar-refractivity contribution in [1.82, 2.24) is 13.6 Å². The Morgan fingerprint density at radius 1 is 0.963 bits per heavy atom. The highest BCUT2D eigenvalue weighted by Gasteiger charge is 2.23. The first-order valence-electron chi connectivity index (χ1n) is 8.75. The molecule has 1 saturated heterocycles. The lowest BCUT2D eigenvalue weighted by Gasteiger charge is -2.17. The molecule has 1 aliphatic heterocycles. The molecule has 2 aromatic carbocycles. The van der Waals surface area contributed by atoms with Crippen molar-refractivity contribution in [2.75, 3.05) is 23.7 Å². The number of likely N-dealkylation sites (tertiary alicyclic amines) is 1. The normalized spacial score (nSPS) is 13.6. The van der Waals surface area contributed by atoms with Crippen LogP contribution in [0.15, 0.2) is 48.5 Å². The summed E-state index contributed by atoms with van der Waals surface area (Å²) >= 11 is 1.06. The standard InChI is InChI=1S/C19H19N5O2S/c25-16-14(19(26)24-11-4-5-12-24)9-6-10-15(16)21-18-17(22-27-23-18)20-13-7-2-1-3-8-13/h1-3,6-10,25H,4-5,11-12H2,(H,20,22)(H,21,23). The number of para-hydroxylation sites is 2. The largest absolute Gasteiger partial charge is 0.505 e. The van der Waals surface area contributed by atoms with Gasteiger partial charge in [0, 0.05) is 18.8 Å². The number of nitrogens with one attached hydrogen (secondary N) is 2. The van der Waals surface area contributed by atoms with Gasteiger partial charge in [0.05, 0.1) is 23.0 Å². The molecule has 3 N–H and O–H groups in total. The zero-order valence-corrected chi connectivity index (χ0v) is 15.4. The minimum Gasteiger partial charge on any atom is -0.505 e. The molecular formula is C19H19N5O2S. The number of hydrogen-bond acceptors (Lipinski definition) is 7. The molecule has 1 fully saturated rings. The minimum atomic E-state index is -0.146. The first kappa shape index (κ1) is 17.3. The van der Waals surface area contributed by atoms with Gasteiger partial charge >= 0.3 is 0 Å². The van der Waals surface area contributed by atoms with E-state index in [0.29, 0.717) is 22.9 Å². The molecule has 1 aliphatic rings. The number of phenolic OH excluding ortho intramolecular Hbond substituents is 1. The predicted molar refractivity (Wildman–Crippen MR) is 106 cm³/mol. The van der Waals surface area contributed by atoms with Gasteiger partial charge in [-0.15, -0.1) is 0 Å². The zero-order chi connectivity index (χ0) is 18.6. The van der Waals surface area contributed by atoms with E-state index in [2.05, 4.69) is 19.4 Å². The van der Waals surface area contributed by atoms with Crippen molar-refractivity contribution in [2.45, 2.75) is 12.8 Å². The Bertz CT molecular complexity index is 938. The van der Waals surface area contributed by atoms with Crippen LogP contribution < -0.4 is 10.6 Å². The number of hydrogen-bond donors (Lipinski definition) is 3. The fourth-order valence-corrected chi connectivity index (χ4v) is 3.51. The van der Waals surface area contributed by atoms with E-state index < -0.39 is 0 Å². The summed E-state index contributed by atoms with van der Waals surface area (Å²) in [6.07, 6.45) is 2.01. The average molecular weight is 381 g/mol. The molecule has 7 nitrogen and oxygen atoms in total. The van der Waals surface area contributed by atoms with Gasteiger partial charge in [0.1, 0.15) is 0 Å². The van der Waals surface area contributed by atoms with Crippen molar-refractivity contribution in [2.24, 2.45) is 0 Å². The molecule has 138 valence electrons. The topological polar surface area (TPSA) is 90.4 Å². The maximum absolute atomic E-state index is 12.6. The molecule has 0 bridgehead atoms. The lowest BCUT2D eigenvalue weighted by Crippen LogP contribution is -2.27. The molecule has 3 aromatic rings. The van der Waals surface area contributed by atoms with Crippen LogP contribution in [0.1, 0.15) is 23.2 Å². The number of anilines is 4. The molecule has 0 aliphatic carbocycles. The SMILES string of the molecule is O=C(c1cccc(Nc2nsnc2Nc2ccccc2)c1O)N1CCCC1. The second kappa shape index (κ2) is 7.63. The van der Waals surface area contributed by atoms with Crippen LogP contribution in [0, 0.1) is 0 Å². The highest BCUT2D eigenvalue weighted by atomic mass is 32.1. The summed E-state index contributed by atoms with van der Waals surface area (Å²) in [7, 11) is 0. The number of aromatic hydroxyl groups is 1. The van der Waals surface area contributed by atoms with Gasteiger partial charge in [0.15, 0.2) is 17.4 Å². The van der Waals surface area contributed by atoms with Crippen LogP contribution in [0.5, 0.6) is 5.75 Å². The Morgan fingerprint density at radius 3 is 2.41 bits per heavy atom.